The predicted molar refractivity (Wildman–Crippen MR) is 145 cm³/mol. The predicted octanol–water partition coefficient (Wildman–Crippen LogP) is 6.99. The van der Waals surface area contributed by atoms with Crippen molar-refractivity contribution in [2.24, 2.45) is 5.10 Å². The van der Waals surface area contributed by atoms with E-state index in [0.717, 1.165) is 21.2 Å². The maximum Gasteiger partial charge on any atom is 0.216 e. The van der Waals surface area contributed by atoms with Gasteiger partial charge in [0.25, 0.3) is 0 Å². The molecule has 1 N–H and O–H groups in total. The molecule has 0 fully saturated rings. The number of benzene rings is 4. The first-order chi connectivity index (χ1) is 17.1. The Morgan fingerprint density at radius 2 is 1.80 bits per heavy atom. The highest BCUT2D eigenvalue weighted by Gasteiger charge is 2.13. The third kappa shape index (κ3) is 4.89. The van der Waals surface area contributed by atoms with Crippen molar-refractivity contribution in [3.63, 3.8) is 0 Å². The van der Waals surface area contributed by atoms with E-state index in [0.29, 0.717) is 28.7 Å². The van der Waals surface area contributed by atoms with Crippen molar-refractivity contribution in [3.8, 4) is 22.9 Å². The highest BCUT2D eigenvalue weighted by Crippen LogP contribution is 2.37. The fraction of sp³-hybridized carbons (Fsp3) is 0.0741. The summed E-state index contributed by atoms with van der Waals surface area (Å²) in [7, 11) is 1.62. The molecule has 0 aliphatic carbocycles. The molecule has 0 aliphatic heterocycles. The van der Waals surface area contributed by atoms with Crippen molar-refractivity contribution in [1.82, 2.24) is 14.9 Å². The highest BCUT2D eigenvalue weighted by atomic mass is 79.9. The minimum absolute atomic E-state index is 0.404. The Morgan fingerprint density at radius 3 is 2.63 bits per heavy atom. The number of methoxy groups -OCH3 is 1. The van der Waals surface area contributed by atoms with Crippen LogP contribution in [-0.2, 0) is 6.61 Å². The van der Waals surface area contributed by atoms with E-state index in [4.69, 9.17) is 21.7 Å². The lowest BCUT2D eigenvalue weighted by molar-refractivity contribution is 0.283. The van der Waals surface area contributed by atoms with Gasteiger partial charge < -0.3 is 9.47 Å². The van der Waals surface area contributed by atoms with Gasteiger partial charge in [0.15, 0.2) is 17.3 Å². The van der Waals surface area contributed by atoms with Crippen LogP contribution in [0.2, 0.25) is 0 Å². The molecule has 0 saturated heterocycles. The van der Waals surface area contributed by atoms with Crippen molar-refractivity contribution in [1.29, 1.82) is 0 Å². The number of nitrogens with zero attached hydrogens (tertiary/aromatic N) is 3. The number of halogens is 1. The van der Waals surface area contributed by atoms with Gasteiger partial charge in [-0.15, -0.1) is 0 Å². The maximum absolute atomic E-state index is 6.20. The summed E-state index contributed by atoms with van der Waals surface area (Å²) in [5.74, 6) is 1.86. The zero-order valence-corrected chi connectivity index (χ0v) is 21.2. The van der Waals surface area contributed by atoms with Gasteiger partial charge in [-0.3, -0.25) is 0 Å². The van der Waals surface area contributed by atoms with Crippen LogP contribution in [-0.4, -0.2) is 28.2 Å². The van der Waals surface area contributed by atoms with Gasteiger partial charge in [-0.1, -0.05) is 72.8 Å². The van der Waals surface area contributed by atoms with Crippen LogP contribution in [0.15, 0.2) is 94.5 Å². The monoisotopic (exact) mass is 544 g/mol. The first-order valence-electron chi connectivity index (χ1n) is 10.9. The summed E-state index contributed by atoms with van der Waals surface area (Å²) in [6, 6.07) is 28.0. The summed E-state index contributed by atoms with van der Waals surface area (Å²) >= 11 is 9.01. The van der Waals surface area contributed by atoms with Crippen molar-refractivity contribution in [2.75, 3.05) is 7.11 Å². The maximum atomic E-state index is 6.20. The quantitative estimate of drug-likeness (QED) is 0.177. The molecule has 8 heteroatoms. The van der Waals surface area contributed by atoms with Gasteiger partial charge in [-0.05, 0) is 62.2 Å². The summed E-state index contributed by atoms with van der Waals surface area (Å²) in [6.45, 7) is 0.411. The molecule has 0 atom stereocenters. The van der Waals surface area contributed by atoms with Crippen LogP contribution in [0.4, 0.5) is 0 Å². The summed E-state index contributed by atoms with van der Waals surface area (Å²) in [4.78, 5) is 0. The Hall–Kier alpha value is -3.75. The third-order valence-corrected chi connectivity index (χ3v) is 6.36. The van der Waals surface area contributed by atoms with Crippen LogP contribution in [0, 0.1) is 4.77 Å². The number of aromatic amines is 1. The Labute approximate surface area is 216 Å². The number of hydrogen-bond donors (Lipinski definition) is 1. The average molecular weight is 545 g/mol. The first kappa shape index (κ1) is 23.0. The Bertz CT molecular complexity index is 1570. The van der Waals surface area contributed by atoms with Gasteiger partial charge in [0.1, 0.15) is 6.61 Å². The molecule has 0 amide bonds. The molecule has 1 heterocycles. The second kappa shape index (κ2) is 10.2. The van der Waals surface area contributed by atoms with E-state index in [1.807, 2.05) is 60.7 Å². The van der Waals surface area contributed by atoms with Crippen LogP contribution < -0.4 is 9.47 Å². The number of hydrogen-bond acceptors (Lipinski definition) is 5. The zero-order valence-electron chi connectivity index (χ0n) is 18.8. The molecule has 5 rings (SSSR count). The van der Waals surface area contributed by atoms with Crippen LogP contribution in [0.1, 0.15) is 11.1 Å². The van der Waals surface area contributed by atoms with Crippen LogP contribution >= 0.6 is 28.1 Å². The molecule has 0 saturated carbocycles. The summed E-state index contributed by atoms with van der Waals surface area (Å²) in [5.41, 5.74) is 2.83. The average Bonchev–Trinajstić information content (AvgIpc) is 3.27. The first-order valence-corrected chi connectivity index (χ1v) is 12.1. The van der Waals surface area contributed by atoms with Crippen LogP contribution in [0.25, 0.3) is 22.2 Å². The summed E-state index contributed by atoms with van der Waals surface area (Å²) < 4.78 is 14.6. The van der Waals surface area contributed by atoms with Gasteiger partial charge in [0, 0.05) is 5.56 Å². The molecule has 4 aromatic carbocycles. The van der Waals surface area contributed by atoms with Crippen molar-refractivity contribution < 1.29 is 9.47 Å². The van der Waals surface area contributed by atoms with Crippen molar-refractivity contribution in [2.45, 2.75) is 6.61 Å². The van der Waals surface area contributed by atoms with E-state index >= 15 is 0 Å². The van der Waals surface area contributed by atoms with Crippen molar-refractivity contribution >= 4 is 45.1 Å². The second-order valence-corrected chi connectivity index (χ2v) is 8.98. The van der Waals surface area contributed by atoms with Crippen LogP contribution in [0.3, 0.4) is 0 Å². The SMILES string of the molecule is COc1cc(/C=N\n2c(-c3ccccc3)n[nH]c2=S)cc(Br)c1OCc1cccc2ccccc12. The molecule has 0 spiro atoms. The smallest absolute Gasteiger partial charge is 0.216 e. The van der Waals surface area contributed by atoms with E-state index in [9.17, 15) is 0 Å². The lowest BCUT2D eigenvalue weighted by atomic mass is 10.1. The third-order valence-electron chi connectivity index (χ3n) is 5.51. The normalized spacial score (nSPS) is 11.3. The lowest BCUT2D eigenvalue weighted by Crippen LogP contribution is -2.01. The number of rotatable bonds is 7. The fourth-order valence-electron chi connectivity index (χ4n) is 3.82. The van der Waals surface area contributed by atoms with E-state index in [-0.39, 0.29) is 0 Å². The fourth-order valence-corrected chi connectivity index (χ4v) is 4.57. The summed E-state index contributed by atoms with van der Waals surface area (Å²) in [5, 5.41) is 14.0. The Kier molecular flexibility index (Phi) is 6.74. The number of H-pyrrole nitrogens is 1. The molecule has 6 nitrogen and oxygen atoms in total. The molecule has 0 unspecified atom stereocenters. The van der Waals surface area contributed by atoms with E-state index in [1.54, 1.807) is 18.0 Å². The van der Waals surface area contributed by atoms with Gasteiger partial charge in [-0.2, -0.15) is 14.9 Å². The second-order valence-electron chi connectivity index (χ2n) is 7.74. The van der Waals surface area contributed by atoms with Gasteiger partial charge >= 0.3 is 0 Å². The van der Waals surface area contributed by atoms with E-state index in [2.05, 4.69) is 55.5 Å². The molecule has 5 aromatic rings. The largest absolute Gasteiger partial charge is 0.493 e. The molecule has 0 radical (unpaired) electrons. The topological polar surface area (TPSA) is 64.4 Å². The molecular formula is C27H21BrN4O2S. The zero-order chi connectivity index (χ0) is 24.2. The number of ether oxygens (including phenoxy) is 2. The molecule has 35 heavy (non-hydrogen) atoms. The van der Waals surface area contributed by atoms with Gasteiger partial charge in [0.05, 0.1) is 17.8 Å². The van der Waals surface area contributed by atoms with Gasteiger partial charge in [0.2, 0.25) is 4.77 Å². The Morgan fingerprint density at radius 1 is 1.03 bits per heavy atom. The minimum atomic E-state index is 0.404. The molecule has 0 aliphatic rings. The lowest BCUT2D eigenvalue weighted by Gasteiger charge is -2.14. The molecular weight excluding hydrogens is 524 g/mol. The minimum Gasteiger partial charge on any atom is -0.493 e. The van der Waals surface area contributed by atoms with E-state index < -0.39 is 0 Å². The highest BCUT2D eigenvalue weighted by molar-refractivity contribution is 9.10. The number of fused-ring (bicyclic) bond motifs is 1. The standard InChI is InChI=1S/C27H21BrN4O2S/c1-33-24-15-18(16-29-32-26(30-31-27(32)35)20-9-3-2-4-10-20)14-23(28)25(24)34-17-21-12-7-11-19-8-5-6-13-22(19)21/h2-16H,17H2,1H3,(H,31,35)/b29-16-. The summed E-state index contributed by atoms with van der Waals surface area (Å²) in [6.07, 6.45) is 1.71. The van der Waals surface area contributed by atoms with E-state index in [1.165, 1.54) is 10.8 Å². The molecule has 0 bridgehead atoms. The van der Waals surface area contributed by atoms with Gasteiger partial charge in [-0.25, -0.2) is 5.10 Å². The van der Waals surface area contributed by atoms with Crippen molar-refractivity contribution in [3.05, 3.63) is 105 Å². The van der Waals surface area contributed by atoms with Crippen LogP contribution in [0.5, 0.6) is 11.5 Å². The Balaban J connectivity index is 1.41. The molecule has 1 aromatic heterocycles. The molecule has 174 valence electrons. The number of nitrogens with one attached hydrogen (secondary N) is 1. The number of aromatic nitrogens is 3.